The fourth-order valence-corrected chi connectivity index (χ4v) is 2.53. The van der Waals surface area contributed by atoms with Gasteiger partial charge in [0, 0.05) is 13.0 Å². The first-order chi connectivity index (χ1) is 8.09. The summed E-state index contributed by atoms with van der Waals surface area (Å²) < 4.78 is 5.48. The Labute approximate surface area is 103 Å². The molecule has 2 heterocycles. The summed E-state index contributed by atoms with van der Waals surface area (Å²) >= 11 is 0. The maximum absolute atomic E-state index is 11.9. The second-order valence-electron chi connectivity index (χ2n) is 5.54. The number of rotatable bonds is 4. The van der Waals surface area contributed by atoms with Crippen LogP contribution in [0.15, 0.2) is 0 Å². The van der Waals surface area contributed by atoms with Crippen LogP contribution in [0.1, 0.15) is 46.5 Å². The van der Waals surface area contributed by atoms with Gasteiger partial charge in [0.1, 0.15) is 0 Å². The minimum absolute atomic E-state index is 0.125. The van der Waals surface area contributed by atoms with Crippen molar-refractivity contribution in [3.8, 4) is 0 Å². The summed E-state index contributed by atoms with van der Waals surface area (Å²) in [6.45, 7) is 7.09. The topological polar surface area (TPSA) is 38.8 Å². The normalized spacial score (nSPS) is 34.0. The third kappa shape index (κ3) is 2.80. The van der Waals surface area contributed by atoms with E-state index >= 15 is 0 Å². The van der Waals surface area contributed by atoms with Gasteiger partial charge in [0.05, 0.1) is 12.0 Å². The minimum atomic E-state index is -0.213. The molecule has 0 aliphatic carbocycles. The molecular weight excluding hydrogens is 218 g/mol. The number of amides is 1. The first-order valence-corrected chi connectivity index (χ1v) is 6.71. The Morgan fingerprint density at radius 2 is 2.24 bits per heavy atom. The van der Waals surface area contributed by atoms with E-state index in [1.807, 2.05) is 0 Å². The van der Waals surface area contributed by atoms with Crippen molar-refractivity contribution in [2.24, 2.45) is 11.8 Å². The molecule has 17 heavy (non-hydrogen) atoms. The predicted molar refractivity (Wildman–Crippen MR) is 63.9 cm³/mol. The molecule has 4 nitrogen and oxygen atoms in total. The van der Waals surface area contributed by atoms with Gasteiger partial charge in [0.15, 0.2) is 6.29 Å². The van der Waals surface area contributed by atoms with Gasteiger partial charge in [-0.05, 0) is 32.1 Å². The molecule has 1 amide bonds. The van der Waals surface area contributed by atoms with Gasteiger partial charge in [-0.3, -0.25) is 4.79 Å². The molecule has 2 saturated heterocycles. The van der Waals surface area contributed by atoms with E-state index < -0.39 is 0 Å². The molecule has 0 bridgehead atoms. The molecule has 0 aromatic heterocycles. The number of carbonyl (C=O) groups is 1. The quantitative estimate of drug-likeness (QED) is 0.709. The van der Waals surface area contributed by atoms with Crippen molar-refractivity contribution in [1.82, 2.24) is 5.06 Å². The summed E-state index contributed by atoms with van der Waals surface area (Å²) in [7, 11) is 0. The van der Waals surface area contributed by atoms with Gasteiger partial charge in [-0.2, -0.15) is 0 Å². The van der Waals surface area contributed by atoms with Crippen LogP contribution in [-0.2, 0) is 14.4 Å². The highest BCUT2D eigenvalue weighted by molar-refractivity contribution is 5.84. The van der Waals surface area contributed by atoms with E-state index in [-0.39, 0.29) is 24.2 Å². The van der Waals surface area contributed by atoms with Crippen molar-refractivity contribution in [3.63, 3.8) is 0 Å². The van der Waals surface area contributed by atoms with Gasteiger partial charge in [-0.25, -0.2) is 9.90 Å². The van der Waals surface area contributed by atoms with Crippen molar-refractivity contribution in [2.45, 2.75) is 58.8 Å². The second-order valence-corrected chi connectivity index (χ2v) is 5.54. The summed E-state index contributed by atoms with van der Waals surface area (Å²) in [5.74, 6) is 0.818. The Kier molecular flexibility index (Phi) is 4.05. The molecule has 0 saturated carbocycles. The third-order valence-corrected chi connectivity index (χ3v) is 3.58. The number of β-lactam (4-membered cyclic amide) rings is 1. The van der Waals surface area contributed by atoms with Crippen LogP contribution in [0.2, 0.25) is 0 Å². The third-order valence-electron chi connectivity index (χ3n) is 3.58. The van der Waals surface area contributed by atoms with Crippen molar-refractivity contribution < 1.29 is 14.4 Å². The van der Waals surface area contributed by atoms with Gasteiger partial charge >= 0.3 is 0 Å². The monoisotopic (exact) mass is 241 g/mol. The van der Waals surface area contributed by atoms with Gasteiger partial charge in [-0.1, -0.05) is 13.8 Å². The molecule has 0 aromatic rings. The van der Waals surface area contributed by atoms with Gasteiger partial charge in [0.2, 0.25) is 0 Å². The molecule has 2 aliphatic rings. The van der Waals surface area contributed by atoms with Crippen molar-refractivity contribution >= 4 is 5.91 Å². The Morgan fingerprint density at radius 3 is 2.76 bits per heavy atom. The van der Waals surface area contributed by atoms with Crippen LogP contribution < -0.4 is 0 Å². The number of carbonyl (C=O) groups excluding carboxylic acids is 1. The molecule has 2 aliphatic heterocycles. The standard InChI is InChI=1S/C13H23NO3/c1-9(2)8-11-10(3)14(13(11)15)17-12-6-4-5-7-16-12/h9-12H,4-8H2,1-3H3/t10-,11+,12?/m0/s1. The Morgan fingerprint density at radius 1 is 1.47 bits per heavy atom. The van der Waals surface area contributed by atoms with E-state index in [4.69, 9.17) is 9.57 Å². The van der Waals surface area contributed by atoms with Crippen LogP contribution in [0.3, 0.4) is 0 Å². The summed E-state index contributed by atoms with van der Waals surface area (Å²) in [4.78, 5) is 17.6. The summed E-state index contributed by atoms with van der Waals surface area (Å²) in [5.41, 5.74) is 0. The Bertz CT molecular complexity index is 274. The highest BCUT2D eigenvalue weighted by Gasteiger charge is 2.46. The van der Waals surface area contributed by atoms with Crippen molar-refractivity contribution in [1.29, 1.82) is 0 Å². The van der Waals surface area contributed by atoms with Crippen molar-refractivity contribution in [2.75, 3.05) is 6.61 Å². The highest BCUT2D eigenvalue weighted by Crippen LogP contribution is 2.33. The van der Waals surface area contributed by atoms with Crippen LogP contribution in [0, 0.1) is 11.8 Å². The maximum Gasteiger partial charge on any atom is 0.251 e. The largest absolute Gasteiger partial charge is 0.350 e. The van der Waals surface area contributed by atoms with Gasteiger partial charge in [0.25, 0.3) is 5.91 Å². The smallest absolute Gasteiger partial charge is 0.251 e. The molecular formula is C13H23NO3. The first kappa shape index (κ1) is 12.8. The molecule has 0 spiro atoms. The highest BCUT2D eigenvalue weighted by atomic mass is 16.8. The lowest BCUT2D eigenvalue weighted by Gasteiger charge is -2.46. The molecule has 4 heteroatoms. The average molecular weight is 241 g/mol. The van der Waals surface area contributed by atoms with E-state index in [9.17, 15) is 4.79 Å². The molecule has 98 valence electrons. The number of hydroxylamine groups is 2. The molecule has 0 N–H and O–H groups in total. The SMILES string of the molecule is CC(C)C[C@H]1C(=O)N(OC2CCCCO2)[C@H]1C. The van der Waals surface area contributed by atoms with E-state index in [2.05, 4.69) is 20.8 Å². The fraction of sp³-hybridized carbons (Fsp3) is 0.923. The first-order valence-electron chi connectivity index (χ1n) is 6.71. The Balaban J connectivity index is 1.81. The summed E-state index contributed by atoms with van der Waals surface area (Å²) in [6, 6.07) is 0.190. The zero-order valence-electron chi connectivity index (χ0n) is 11.0. The van der Waals surface area contributed by atoms with E-state index in [1.54, 1.807) is 0 Å². The summed E-state index contributed by atoms with van der Waals surface area (Å²) in [5, 5.41) is 1.52. The minimum Gasteiger partial charge on any atom is -0.350 e. The maximum atomic E-state index is 11.9. The van der Waals surface area contributed by atoms with Crippen molar-refractivity contribution in [3.05, 3.63) is 0 Å². The molecule has 2 rings (SSSR count). The lowest BCUT2D eigenvalue weighted by atomic mass is 9.84. The molecule has 2 fully saturated rings. The zero-order chi connectivity index (χ0) is 12.4. The van der Waals surface area contributed by atoms with Gasteiger partial charge in [-0.15, -0.1) is 0 Å². The van der Waals surface area contributed by atoms with Crippen LogP contribution in [0.25, 0.3) is 0 Å². The molecule has 0 aromatic carbocycles. The van der Waals surface area contributed by atoms with E-state index in [0.29, 0.717) is 5.92 Å². The number of nitrogens with zero attached hydrogens (tertiary/aromatic N) is 1. The van der Waals surface area contributed by atoms with Gasteiger partial charge < -0.3 is 4.74 Å². The lowest BCUT2D eigenvalue weighted by Crippen LogP contribution is -2.60. The number of hydrogen-bond acceptors (Lipinski definition) is 3. The van der Waals surface area contributed by atoms with Crippen LogP contribution in [0.5, 0.6) is 0 Å². The van der Waals surface area contributed by atoms with Crippen LogP contribution >= 0.6 is 0 Å². The van der Waals surface area contributed by atoms with Crippen LogP contribution in [0.4, 0.5) is 0 Å². The average Bonchev–Trinajstić information content (AvgIpc) is 2.34. The van der Waals surface area contributed by atoms with Crippen LogP contribution in [-0.4, -0.2) is 29.9 Å². The fourth-order valence-electron chi connectivity index (χ4n) is 2.53. The number of ether oxygens (including phenoxy) is 1. The predicted octanol–water partition coefficient (Wildman–Crippen LogP) is 2.34. The zero-order valence-corrected chi connectivity index (χ0v) is 11.0. The summed E-state index contributed by atoms with van der Waals surface area (Å²) in [6.07, 6.45) is 3.85. The molecule has 0 radical (unpaired) electrons. The molecule has 3 atom stereocenters. The van der Waals surface area contributed by atoms with E-state index in [1.165, 1.54) is 5.06 Å². The Hall–Kier alpha value is -0.610. The molecule has 1 unspecified atom stereocenters. The lowest BCUT2D eigenvalue weighted by molar-refractivity contribution is -0.317. The second kappa shape index (κ2) is 5.36. The van der Waals surface area contributed by atoms with E-state index in [0.717, 1.165) is 32.3 Å². The number of hydrogen-bond donors (Lipinski definition) is 0.